The molecule has 0 spiro atoms. The van der Waals surface area contributed by atoms with E-state index >= 15 is 0 Å². The Balaban J connectivity index is 1.95. The molecule has 0 atom stereocenters. The van der Waals surface area contributed by atoms with Crippen LogP contribution in [-0.4, -0.2) is 28.8 Å². The molecule has 104 valence electrons. The molecule has 4 amide bonds. The smallest absolute Gasteiger partial charge is 0.338 e. The van der Waals surface area contributed by atoms with E-state index in [9.17, 15) is 19.6 Å². The summed E-state index contributed by atoms with van der Waals surface area (Å²) in [5, 5.41) is 10.7. The SMILES string of the molecule is O=C1CC(=O)N(C2CC2)C(=O)N1c1cccc(N[O-])c1. The predicted octanol–water partition coefficient (Wildman–Crippen LogP) is 1.44. The average molecular weight is 274 g/mol. The summed E-state index contributed by atoms with van der Waals surface area (Å²) in [6.07, 6.45) is 1.24. The number of carbonyl (C=O) groups is 3. The lowest BCUT2D eigenvalue weighted by Crippen LogP contribution is -2.56. The fourth-order valence-corrected chi connectivity index (χ4v) is 2.27. The van der Waals surface area contributed by atoms with Gasteiger partial charge in [-0.2, -0.15) is 0 Å². The van der Waals surface area contributed by atoms with Crippen LogP contribution in [0, 0.1) is 5.21 Å². The molecule has 1 aliphatic heterocycles. The van der Waals surface area contributed by atoms with Crippen LogP contribution in [0.15, 0.2) is 24.3 Å². The van der Waals surface area contributed by atoms with Crippen molar-refractivity contribution in [1.82, 2.24) is 4.90 Å². The Morgan fingerprint density at radius 3 is 2.55 bits per heavy atom. The van der Waals surface area contributed by atoms with Crippen molar-refractivity contribution in [3.05, 3.63) is 29.5 Å². The molecule has 3 rings (SSSR count). The van der Waals surface area contributed by atoms with Crippen LogP contribution >= 0.6 is 0 Å². The van der Waals surface area contributed by atoms with Crippen LogP contribution in [-0.2, 0) is 9.59 Å². The molecule has 1 aliphatic carbocycles. The number of rotatable bonds is 3. The summed E-state index contributed by atoms with van der Waals surface area (Å²) in [6, 6.07) is 5.33. The summed E-state index contributed by atoms with van der Waals surface area (Å²) < 4.78 is 0. The standard InChI is InChI=1S/C13H12N3O4/c17-11-7-12(18)16(13(19)15(11)9-4-5-9)10-3-1-2-8(6-10)14-20/h1-3,6,9,14H,4-5,7H2/q-1. The van der Waals surface area contributed by atoms with Crippen LogP contribution in [0.5, 0.6) is 0 Å². The third-order valence-electron chi connectivity index (χ3n) is 3.35. The highest BCUT2D eigenvalue weighted by molar-refractivity contribution is 6.26. The minimum atomic E-state index is -0.628. The number of anilines is 2. The number of imide groups is 2. The Morgan fingerprint density at radius 2 is 1.90 bits per heavy atom. The zero-order valence-electron chi connectivity index (χ0n) is 10.5. The van der Waals surface area contributed by atoms with Gasteiger partial charge in [-0.05, 0) is 31.0 Å². The molecule has 7 nitrogen and oxygen atoms in total. The number of hydrogen-bond donors (Lipinski definition) is 1. The van der Waals surface area contributed by atoms with Crippen LogP contribution in [0.25, 0.3) is 0 Å². The second-order valence-electron chi connectivity index (χ2n) is 4.84. The van der Waals surface area contributed by atoms with Gasteiger partial charge in [0.15, 0.2) is 0 Å². The summed E-state index contributed by atoms with van der Waals surface area (Å²) >= 11 is 0. The van der Waals surface area contributed by atoms with Gasteiger partial charge in [0.2, 0.25) is 11.8 Å². The van der Waals surface area contributed by atoms with E-state index in [1.165, 1.54) is 12.1 Å². The van der Waals surface area contributed by atoms with Crippen molar-refractivity contribution in [2.24, 2.45) is 0 Å². The summed E-state index contributed by atoms with van der Waals surface area (Å²) in [5.41, 5.74) is 2.25. The van der Waals surface area contributed by atoms with Gasteiger partial charge in [0, 0.05) is 11.7 Å². The molecule has 0 radical (unpaired) electrons. The van der Waals surface area contributed by atoms with Gasteiger partial charge in [0.05, 0.1) is 5.69 Å². The summed E-state index contributed by atoms with van der Waals surface area (Å²) in [7, 11) is 0. The molecule has 1 aromatic rings. The number of nitrogens with zero attached hydrogens (tertiary/aromatic N) is 2. The van der Waals surface area contributed by atoms with Crippen molar-refractivity contribution in [2.45, 2.75) is 25.3 Å². The second-order valence-corrected chi connectivity index (χ2v) is 4.84. The summed E-state index contributed by atoms with van der Waals surface area (Å²) in [6.45, 7) is 0. The van der Waals surface area contributed by atoms with E-state index in [-0.39, 0.29) is 18.2 Å². The molecular weight excluding hydrogens is 262 g/mol. The van der Waals surface area contributed by atoms with Crippen molar-refractivity contribution >= 4 is 29.2 Å². The van der Waals surface area contributed by atoms with Gasteiger partial charge in [-0.25, -0.2) is 9.69 Å². The minimum Gasteiger partial charge on any atom is -0.761 e. The van der Waals surface area contributed by atoms with E-state index in [4.69, 9.17) is 0 Å². The number of amides is 4. The number of nitrogens with one attached hydrogen (secondary N) is 1. The van der Waals surface area contributed by atoms with Crippen molar-refractivity contribution in [2.75, 3.05) is 10.4 Å². The lowest BCUT2D eigenvalue weighted by Gasteiger charge is -2.33. The van der Waals surface area contributed by atoms with E-state index in [2.05, 4.69) is 0 Å². The first-order valence-corrected chi connectivity index (χ1v) is 6.29. The Morgan fingerprint density at radius 1 is 1.15 bits per heavy atom. The number of urea groups is 1. The maximum Gasteiger partial charge on any atom is 0.338 e. The molecule has 1 aromatic carbocycles. The fourth-order valence-electron chi connectivity index (χ4n) is 2.27. The quantitative estimate of drug-likeness (QED) is 0.665. The molecule has 7 heteroatoms. The lowest BCUT2D eigenvalue weighted by atomic mass is 10.2. The normalized spacial score (nSPS) is 19.6. The van der Waals surface area contributed by atoms with Crippen LogP contribution < -0.4 is 10.4 Å². The van der Waals surface area contributed by atoms with Gasteiger partial charge in [-0.3, -0.25) is 14.5 Å². The monoisotopic (exact) mass is 274 g/mol. The van der Waals surface area contributed by atoms with Gasteiger partial charge in [-0.15, -0.1) is 0 Å². The second kappa shape index (κ2) is 4.61. The maximum atomic E-state index is 12.3. The van der Waals surface area contributed by atoms with Crippen molar-refractivity contribution in [3.8, 4) is 0 Å². The summed E-state index contributed by atoms with van der Waals surface area (Å²) in [4.78, 5) is 38.2. The number of hydrogen-bond acceptors (Lipinski definition) is 5. The molecule has 2 fully saturated rings. The molecule has 1 saturated carbocycles. The largest absolute Gasteiger partial charge is 0.761 e. The molecular formula is C13H12N3O4-. The first kappa shape index (κ1) is 12.6. The average Bonchev–Trinajstić information content (AvgIpc) is 3.23. The van der Waals surface area contributed by atoms with Crippen molar-refractivity contribution in [3.63, 3.8) is 0 Å². The first-order valence-electron chi connectivity index (χ1n) is 6.29. The van der Waals surface area contributed by atoms with Crippen LogP contribution in [0.2, 0.25) is 0 Å². The third-order valence-corrected chi connectivity index (χ3v) is 3.35. The molecule has 1 N–H and O–H groups in total. The Hall–Kier alpha value is -2.41. The molecule has 0 aromatic heterocycles. The molecule has 20 heavy (non-hydrogen) atoms. The zero-order valence-corrected chi connectivity index (χ0v) is 10.5. The van der Waals surface area contributed by atoms with Gasteiger partial charge < -0.3 is 10.7 Å². The number of barbiturate groups is 1. The van der Waals surface area contributed by atoms with E-state index in [0.29, 0.717) is 5.69 Å². The topological polar surface area (TPSA) is 92.8 Å². The molecule has 0 bridgehead atoms. The van der Waals surface area contributed by atoms with Gasteiger partial charge in [0.25, 0.3) is 0 Å². The van der Waals surface area contributed by atoms with E-state index in [1.807, 2.05) is 0 Å². The molecule has 1 saturated heterocycles. The summed E-state index contributed by atoms with van der Waals surface area (Å²) in [5.74, 6) is -1.02. The van der Waals surface area contributed by atoms with Gasteiger partial charge >= 0.3 is 6.03 Å². The van der Waals surface area contributed by atoms with Crippen molar-refractivity contribution in [1.29, 1.82) is 0 Å². The highest BCUT2D eigenvalue weighted by Crippen LogP contribution is 2.32. The van der Waals surface area contributed by atoms with Gasteiger partial charge in [-0.1, -0.05) is 6.07 Å². The highest BCUT2D eigenvalue weighted by atomic mass is 16.5. The molecule has 0 unspecified atom stereocenters. The first-order chi connectivity index (χ1) is 9.61. The predicted molar refractivity (Wildman–Crippen MR) is 70.8 cm³/mol. The van der Waals surface area contributed by atoms with Crippen LogP contribution in [0.3, 0.4) is 0 Å². The Bertz CT molecular complexity index is 597. The Labute approximate surface area is 114 Å². The van der Waals surface area contributed by atoms with Gasteiger partial charge in [0.1, 0.15) is 6.42 Å². The highest BCUT2D eigenvalue weighted by Gasteiger charge is 2.45. The lowest BCUT2D eigenvalue weighted by molar-refractivity contribution is -0.135. The van der Waals surface area contributed by atoms with E-state index < -0.39 is 17.8 Å². The van der Waals surface area contributed by atoms with Crippen LogP contribution in [0.4, 0.5) is 16.2 Å². The van der Waals surface area contributed by atoms with E-state index in [1.54, 1.807) is 17.6 Å². The zero-order chi connectivity index (χ0) is 14.3. The van der Waals surface area contributed by atoms with Crippen LogP contribution in [0.1, 0.15) is 19.3 Å². The minimum absolute atomic E-state index is 0.0913. The van der Waals surface area contributed by atoms with Crippen molar-refractivity contribution < 1.29 is 14.4 Å². The third kappa shape index (κ3) is 2.01. The number of carbonyl (C=O) groups excluding carboxylic acids is 3. The Kier molecular flexibility index (Phi) is 2.90. The molecule has 1 heterocycles. The fraction of sp³-hybridized carbons (Fsp3) is 0.308. The van der Waals surface area contributed by atoms with E-state index in [0.717, 1.165) is 22.6 Å². The number of benzene rings is 1. The maximum absolute atomic E-state index is 12.3. The molecule has 2 aliphatic rings.